The summed E-state index contributed by atoms with van der Waals surface area (Å²) in [6, 6.07) is 14.8. The number of aromatic nitrogens is 3. The Bertz CT molecular complexity index is 1270. The highest BCUT2D eigenvalue weighted by Gasteiger charge is 2.17. The van der Waals surface area contributed by atoms with E-state index in [4.69, 9.17) is 10.5 Å². The van der Waals surface area contributed by atoms with Crippen LogP contribution in [0.25, 0.3) is 22.2 Å². The molecule has 0 atom stereocenters. The van der Waals surface area contributed by atoms with Gasteiger partial charge in [-0.1, -0.05) is 39.0 Å². The number of H-pyrrole nitrogens is 1. The summed E-state index contributed by atoms with van der Waals surface area (Å²) in [7, 11) is 1.58. The highest BCUT2D eigenvalue weighted by atomic mass is 16.5. The van der Waals surface area contributed by atoms with Gasteiger partial charge in [0.15, 0.2) is 5.65 Å². The molecule has 2 heterocycles. The highest BCUT2D eigenvalue weighted by Crippen LogP contribution is 2.32. The number of ether oxygens (including phenoxy) is 1. The number of carbonyl (C=O) groups is 1. The van der Waals surface area contributed by atoms with Crippen LogP contribution < -0.4 is 21.1 Å². The smallest absolute Gasteiger partial charge is 0.323 e. The average molecular weight is 431 g/mol. The standard InChI is InChI=1S/C24H26N6O2/c1-24(2,3)15-7-10-19(32-4)18(13-15)28-23(31)27-16-8-5-14(6-9-16)17-11-12-26-22-20(17)21(25)29-30-22/h5-13H,1-4H3,(H2,27,28,31)(H3,25,26,29,30). The normalized spacial score (nSPS) is 11.4. The number of aromatic amines is 1. The van der Waals surface area contributed by atoms with Crippen LogP contribution in [0.4, 0.5) is 22.0 Å². The zero-order valence-electron chi connectivity index (χ0n) is 18.5. The van der Waals surface area contributed by atoms with E-state index in [-0.39, 0.29) is 11.4 Å². The minimum Gasteiger partial charge on any atom is -0.495 e. The number of nitrogens with two attached hydrogens (primary N) is 1. The predicted octanol–water partition coefficient (Wildman–Crippen LogP) is 5.16. The molecule has 0 radical (unpaired) electrons. The molecule has 2 aromatic heterocycles. The second kappa shape index (κ2) is 8.22. The molecule has 0 saturated carbocycles. The highest BCUT2D eigenvalue weighted by molar-refractivity contribution is 6.02. The number of pyridine rings is 1. The summed E-state index contributed by atoms with van der Waals surface area (Å²) in [5.74, 6) is 1.07. The van der Waals surface area contributed by atoms with Crippen molar-refractivity contribution in [2.45, 2.75) is 26.2 Å². The Morgan fingerprint density at radius 3 is 2.50 bits per heavy atom. The van der Waals surface area contributed by atoms with E-state index in [0.717, 1.165) is 22.1 Å². The molecule has 2 amide bonds. The van der Waals surface area contributed by atoms with E-state index >= 15 is 0 Å². The van der Waals surface area contributed by atoms with Crippen molar-refractivity contribution in [3.05, 3.63) is 60.3 Å². The number of carbonyl (C=O) groups excluding carboxylic acids is 1. The van der Waals surface area contributed by atoms with Crippen LogP contribution in [0.2, 0.25) is 0 Å². The zero-order valence-corrected chi connectivity index (χ0v) is 18.5. The summed E-state index contributed by atoms with van der Waals surface area (Å²) in [6.07, 6.45) is 1.69. The number of anilines is 3. The molecule has 0 spiro atoms. The summed E-state index contributed by atoms with van der Waals surface area (Å²) < 4.78 is 5.40. The first kappa shape index (κ1) is 21.2. The maximum absolute atomic E-state index is 12.6. The third kappa shape index (κ3) is 4.20. The molecule has 0 fully saturated rings. The Morgan fingerprint density at radius 1 is 1.06 bits per heavy atom. The minimum absolute atomic E-state index is 0.0498. The number of nitrogen functional groups attached to an aromatic ring is 1. The number of nitrogens with one attached hydrogen (secondary N) is 3. The zero-order chi connectivity index (χ0) is 22.9. The lowest BCUT2D eigenvalue weighted by Gasteiger charge is -2.21. The molecule has 5 N–H and O–H groups in total. The number of nitrogens with zero attached hydrogens (tertiary/aromatic N) is 2. The van der Waals surface area contributed by atoms with Crippen molar-refractivity contribution in [2.75, 3.05) is 23.5 Å². The Kier molecular flexibility index (Phi) is 5.44. The van der Waals surface area contributed by atoms with Gasteiger partial charge in [-0.15, -0.1) is 0 Å². The van der Waals surface area contributed by atoms with Gasteiger partial charge in [-0.3, -0.25) is 5.10 Å². The molecule has 0 bridgehead atoms. The number of methoxy groups -OCH3 is 1. The number of amides is 2. The minimum atomic E-state index is -0.354. The van der Waals surface area contributed by atoms with E-state index in [1.807, 2.05) is 48.5 Å². The largest absolute Gasteiger partial charge is 0.495 e. The van der Waals surface area contributed by atoms with Crippen LogP contribution in [0.1, 0.15) is 26.3 Å². The first-order valence-corrected chi connectivity index (χ1v) is 10.2. The van der Waals surface area contributed by atoms with Crippen molar-refractivity contribution < 1.29 is 9.53 Å². The first-order chi connectivity index (χ1) is 15.3. The molecule has 8 nitrogen and oxygen atoms in total. The fraction of sp³-hybridized carbons (Fsp3) is 0.208. The van der Waals surface area contributed by atoms with Crippen LogP contribution in [0, 0.1) is 0 Å². The summed E-state index contributed by atoms with van der Waals surface area (Å²) in [4.78, 5) is 16.9. The van der Waals surface area contributed by atoms with E-state index in [1.165, 1.54) is 0 Å². The molecule has 0 aliphatic carbocycles. The Labute approximate surface area is 186 Å². The van der Waals surface area contributed by atoms with E-state index in [9.17, 15) is 4.79 Å². The topological polar surface area (TPSA) is 118 Å². The molecule has 32 heavy (non-hydrogen) atoms. The number of rotatable bonds is 4. The number of urea groups is 1. The Balaban J connectivity index is 1.52. The molecule has 8 heteroatoms. The number of fused-ring (bicyclic) bond motifs is 1. The van der Waals surface area contributed by atoms with Gasteiger partial charge in [0, 0.05) is 11.9 Å². The van der Waals surface area contributed by atoms with Crippen molar-refractivity contribution in [1.29, 1.82) is 0 Å². The molecular weight excluding hydrogens is 404 g/mol. The number of hydrogen-bond donors (Lipinski definition) is 4. The lowest BCUT2D eigenvalue weighted by atomic mass is 9.87. The summed E-state index contributed by atoms with van der Waals surface area (Å²) >= 11 is 0. The van der Waals surface area contributed by atoms with Gasteiger partial charge in [0.1, 0.15) is 11.6 Å². The van der Waals surface area contributed by atoms with E-state index in [0.29, 0.717) is 28.6 Å². The van der Waals surface area contributed by atoms with Gasteiger partial charge in [0.25, 0.3) is 0 Å². The summed E-state index contributed by atoms with van der Waals surface area (Å²) in [5, 5.41) is 13.4. The maximum Gasteiger partial charge on any atom is 0.323 e. The van der Waals surface area contributed by atoms with Gasteiger partial charge in [-0.2, -0.15) is 5.10 Å². The van der Waals surface area contributed by atoms with Crippen molar-refractivity contribution in [2.24, 2.45) is 0 Å². The molecule has 0 saturated heterocycles. The second-order valence-electron chi connectivity index (χ2n) is 8.52. The van der Waals surface area contributed by atoms with Gasteiger partial charge in [0.2, 0.25) is 0 Å². The molecule has 0 unspecified atom stereocenters. The van der Waals surface area contributed by atoms with Crippen LogP contribution in [0.5, 0.6) is 5.75 Å². The SMILES string of the molecule is COc1ccc(C(C)(C)C)cc1NC(=O)Nc1ccc(-c2ccnc3n[nH]c(N)c23)cc1. The third-order valence-corrected chi connectivity index (χ3v) is 5.25. The van der Waals surface area contributed by atoms with Gasteiger partial charge < -0.3 is 21.1 Å². The Morgan fingerprint density at radius 2 is 1.81 bits per heavy atom. The second-order valence-corrected chi connectivity index (χ2v) is 8.52. The van der Waals surface area contributed by atoms with Crippen molar-refractivity contribution in [3.63, 3.8) is 0 Å². The van der Waals surface area contributed by atoms with Crippen LogP contribution in [-0.4, -0.2) is 28.3 Å². The molecule has 164 valence electrons. The van der Waals surface area contributed by atoms with Gasteiger partial charge in [0.05, 0.1) is 18.2 Å². The van der Waals surface area contributed by atoms with E-state index < -0.39 is 0 Å². The van der Waals surface area contributed by atoms with E-state index in [2.05, 4.69) is 46.6 Å². The first-order valence-electron chi connectivity index (χ1n) is 10.2. The lowest BCUT2D eigenvalue weighted by molar-refractivity contribution is 0.262. The van der Waals surface area contributed by atoms with E-state index in [1.54, 1.807) is 13.3 Å². The number of hydrogen-bond acceptors (Lipinski definition) is 5. The molecule has 0 aliphatic rings. The van der Waals surface area contributed by atoms with Crippen LogP contribution in [0.3, 0.4) is 0 Å². The van der Waals surface area contributed by atoms with Crippen molar-refractivity contribution >= 4 is 34.3 Å². The van der Waals surface area contributed by atoms with Crippen molar-refractivity contribution in [3.8, 4) is 16.9 Å². The maximum atomic E-state index is 12.6. The van der Waals surface area contributed by atoms with Crippen LogP contribution in [-0.2, 0) is 5.41 Å². The Hall–Kier alpha value is -4.07. The molecule has 2 aromatic carbocycles. The predicted molar refractivity (Wildman–Crippen MR) is 128 cm³/mol. The molecule has 4 aromatic rings. The average Bonchev–Trinajstić information content (AvgIpc) is 3.15. The quantitative estimate of drug-likeness (QED) is 0.357. The van der Waals surface area contributed by atoms with Crippen LogP contribution >= 0.6 is 0 Å². The molecule has 0 aliphatic heterocycles. The monoisotopic (exact) mass is 430 g/mol. The fourth-order valence-corrected chi connectivity index (χ4v) is 3.50. The van der Waals surface area contributed by atoms with Gasteiger partial charge >= 0.3 is 6.03 Å². The lowest BCUT2D eigenvalue weighted by Crippen LogP contribution is -2.20. The van der Waals surface area contributed by atoms with Gasteiger partial charge in [-0.05, 0) is 52.4 Å². The molecule has 4 rings (SSSR count). The fourth-order valence-electron chi connectivity index (χ4n) is 3.50. The van der Waals surface area contributed by atoms with Gasteiger partial charge in [-0.25, -0.2) is 9.78 Å². The number of benzene rings is 2. The third-order valence-electron chi connectivity index (χ3n) is 5.25. The van der Waals surface area contributed by atoms with Crippen molar-refractivity contribution in [1.82, 2.24) is 15.2 Å². The summed E-state index contributed by atoms with van der Waals surface area (Å²) in [5.41, 5.74) is 10.7. The van der Waals surface area contributed by atoms with Crippen LogP contribution in [0.15, 0.2) is 54.7 Å². The summed E-state index contributed by atoms with van der Waals surface area (Å²) in [6.45, 7) is 6.36. The molecular formula is C24H26N6O2.